The number of nitrogens with one attached hydrogen (secondary N) is 4. The lowest BCUT2D eigenvalue weighted by molar-refractivity contribution is -0.122. The highest BCUT2D eigenvalue weighted by Gasteiger charge is 2.25. The minimum absolute atomic E-state index is 0.0381. The molecule has 0 saturated heterocycles. The summed E-state index contributed by atoms with van der Waals surface area (Å²) in [6.07, 6.45) is 11.5. The highest BCUT2D eigenvalue weighted by molar-refractivity contribution is 5.97. The van der Waals surface area contributed by atoms with Gasteiger partial charge in [0.25, 0.3) is 0 Å². The predicted molar refractivity (Wildman–Crippen MR) is 180 cm³/mol. The monoisotopic (exact) mass is 637 g/mol. The number of imidazole rings is 1. The number of fused-ring (bicyclic) bond motifs is 2. The van der Waals surface area contributed by atoms with Crippen LogP contribution in [0.5, 0.6) is 0 Å². The number of amides is 1. The van der Waals surface area contributed by atoms with Crippen LogP contribution >= 0.6 is 0 Å². The molecule has 5 heterocycles. The molecule has 0 spiro atoms. The number of hydrogen-bond acceptors (Lipinski definition) is 9. The van der Waals surface area contributed by atoms with Gasteiger partial charge in [0.15, 0.2) is 11.5 Å². The van der Waals surface area contributed by atoms with Gasteiger partial charge in [-0.3, -0.25) is 19.9 Å². The van der Waals surface area contributed by atoms with Crippen molar-refractivity contribution < 1.29 is 18.8 Å². The van der Waals surface area contributed by atoms with Crippen LogP contribution in [-0.2, 0) is 20.9 Å². The van der Waals surface area contributed by atoms with E-state index in [2.05, 4.69) is 40.8 Å². The second-order valence-electron chi connectivity index (χ2n) is 10.3. The number of aromatic amines is 2. The highest BCUT2D eigenvalue weighted by atomic mass is 19.1. The van der Waals surface area contributed by atoms with Gasteiger partial charge in [-0.05, 0) is 61.3 Å². The van der Waals surface area contributed by atoms with Crippen molar-refractivity contribution in [1.29, 1.82) is 0 Å². The van der Waals surface area contributed by atoms with Crippen LogP contribution in [0.3, 0.4) is 0 Å². The zero-order valence-corrected chi connectivity index (χ0v) is 26.4. The summed E-state index contributed by atoms with van der Waals surface area (Å²) in [6, 6.07) is 8.80. The zero-order valence-electron chi connectivity index (χ0n) is 26.4. The van der Waals surface area contributed by atoms with E-state index in [1.807, 2.05) is 52.7 Å². The number of nitrogens with zero attached hydrogens (tertiary/aromatic N) is 5. The molecule has 6 aromatic rings. The second-order valence-corrected chi connectivity index (χ2v) is 10.3. The molecule has 0 atom stereocenters. The third-order valence-corrected chi connectivity index (χ3v) is 7.51. The fourth-order valence-electron chi connectivity index (χ4n) is 5.19. The fraction of sp³-hybridized carbons (Fsp3) is 0.235. The second kappa shape index (κ2) is 16.0. The highest BCUT2D eigenvalue weighted by Crippen LogP contribution is 2.33. The van der Waals surface area contributed by atoms with E-state index in [1.54, 1.807) is 31.0 Å². The van der Waals surface area contributed by atoms with Gasteiger partial charge >= 0.3 is 0 Å². The number of carbonyl (C=O) groups excluding carboxylic acids is 3. The smallest absolute Gasteiger partial charge is 0.227 e. The third kappa shape index (κ3) is 7.42. The van der Waals surface area contributed by atoms with Gasteiger partial charge in [0, 0.05) is 47.7 Å². The van der Waals surface area contributed by atoms with Gasteiger partial charge in [-0.25, -0.2) is 14.4 Å². The lowest BCUT2D eigenvalue weighted by atomic mass is 9.85. The molecule has 12 nitrogen and oxygen atoms in total. The number of halogens is 1. The van der Waals surface area contributed by atoms with Gasteiger partial charge in [0.1, 0.15) is 25.1 Å². The average molecular weight is 638 g/mol. The summed E-state index contributed by atoms with van der Waals surface area (Å²) in [6.45, 7) is 8.54. The van der Waals surface area contributed by atoms with Crippen LogP contribution < -0.4 is 10.6 Å². The molecule has 0 unspecified atom stereocenters. The van der Waals surface area contributed by atoms with E-state index < -0.39 is 0 Å². The van der Waals surface area contributed by atoms with Crippen molar-refractivity contribution in [3.05, 3.63) is 72.7 Å². The number of anilines is 1. The summed E-state index contributed by atoms with van der Waals surface area (Å²) in [7, 11) is 1.82. The summed E-state index contributed by atoms with van der Waals surface area (Å²) in [5, 5.41) is 14.2. The van der Waals surface area contributed by atoms with E-state index in [0.29, 0.717) is 46.0 Å². The van der Waals surface area contributed by atoms with Crippen LogP contribution in [0.4, 0.5) is 10.1 Å². The summed E-state index contributed by atoms with van der Waals surface area (Å²) >= 11 is 0. The van der Waals surface area contributed by atoms with Crippen LogP contribution in [-0.4, -0.2) is 61.7 Å². The number of pyridine rings is 3. The molecule has 242 valence electrons. The molecule has 0 bridgehead atoms. The standard InChI is InChI=1S/C30H26FN9O.C2H6.2CH2O/c1-32-10-16-5-18(7-21(31)6-16)24-14-34-15-25-26(24)38-29(37-25)27-23-9-20(12-35-28(23)40-39-27)19-8-22(13-33-11-19)36-30(41)17-3-2-4-17;3*1-2/h5-9,11-15,17,32H,2-4,10H2,1H3,(H,36,41)(H,37,38)(H,35,39,40);1-2H3;2*1H2. The molecule has 1 amide bonds. The van der Waals surface area contributed by atoms with Crippen LogP contribution in [0.25, 0.3) is 55.8 Å². The van der Waals surface area contributed by atoms with Crippen molar-refractivity contribution in [1.82, 2.24) is 40.4 Å². The lowest BCUT2D eigenvalue weighted by Crippen LogP contribution is -2.28. The molecule has 0 aliphatic heterocycles. The Bertz CT molecular complexity index is 1970. The van der Waals surface area contributed by atoms with Gasteiger partial charge in [-0.2, -0.15) is 5.10 Å². The summed E-state index contributed by atoms with van der Waals surface area (Å²) in [4.78, 5) is 49.9. The molecule has 1 fully saturated rings. The molecular weight excluding hydrogens is 601 g/mol. The summed E-state index contributed by atoms with van der Waals surface area (Å²) < 4.78 is 14.4. The first-order valence-electron chi connectivity index (χ1n) is 15.0. The van der Waals surface area contributed by atoms with Gasteiger partial charge in [-0.15, -0.1) is 0 Å². The largest absolute Gasteiger partial charge is 0.335 e. The number of carbonyl (C=O) groups is 3. The Morgan fingerprint density at radius 2 is 1.68 bits per heavy atom. The van der Waals surface area contributed by atoms with Gasteiger partial charge < -0.3 is 25.2 Å². The van der Waals surface area contributed by atoms with E-state index >= 15 is 0 Å². The molecule has 5 aromatic heterocycles. The Balaban J connectivity index is 0.000000790. The normalized spacial score (nSPS) is 12.1. The maximum atomic E-state index is 14.4. The molecule has 4 N–H and O–H groups in total. The van der Waals surface area contributed by atoms with E-state index in [-0.39, 0.29) is 17.6 Å². The number of hydrogen-bond donors (Lipinski definition) is 4. The van der Waals surface area contributed by atoms with Gasteiger partial charge in [0.05, 0.1) is 34.5 Å². The lowest BCUT2D eigenvalue weighted by Gasteiger charge is -2.24. The van der Waals surface area contributed by atoms with Gasteiger partial charge in [0.2, 0.25) is 5.91 Å². The Morgan fingerprint density at radius 3 is 2.40 bits per heavy atom. The summed E-state index contributed by atoms with van der Waals surface area (Å²) in [5.41, 5.74) is 7.11. The molecule has 7 rings (SSSR count). The van der Waals surface area contributed by atoms with Crippen molar-refractivity contribution >= 4 is 47.2 Å². The maximum Gasteiger partial charge on any atom is 0.227 e. The topological polar surface area (TPSA) is 171 Å². The molecule has 1 aliphatic rings. The number of H-pyrrole nitrogens is 2. The summed E-state index contributed by atoms with van der Waals surface area (Å²) in [5.74, 6) is 0.360. The van der Waals surface area contributed by atoms with Crippen LogP contribution in [0.15, 0.2) is 61.3 Å². The molecule has 1 aromatic carbocycles. The fourth-order valence-corrected chi connectivity index (χ4v) is 5.19. The van der Waals surface area contributed by atoms with Crippen molar-refractivity contribution in [3.8, 4) is 33.8 Å². The number of aromatic nitrogens is 7. The van der Waals surface area contributed by atoms with Crippen LogP contribution in [0, 0.1) is 11.7 Å². The number of benzene rings is 1. The van der Waals surface area contributed by atoms with Crippen molar-refractivity contribution in [2.75, 3.05) is 12.4 Å². The minimum Gasteiger partial charge on any atom is -0.335 e. The third-order valence-electron chi connectivity index (χ3n) is 7.51. The Morgan fingerprint density at radius 1 is 0.936 bits per heavy atom. The van der Waals surface area contributed by atoms with Crippen LogP contribution in [0.2, 0.25) is 0 Å². The molecule has 47 heavy (non-hydrogen) atoms. The predicted octanol–water partition coefficient (Wildman–Crippen LogP) is 5.88. The van der Waals surface area contributed by atoms with Gasteiger partial charge in [-0.1, -0.05) is 20.3 Å². The Labute approximate surface area is 270 Å². The first-order valence-corrected chi connectivity index (χ1v) is 15.0. The van der Waals surface area contributed by atoms with E-state index in [1.165, 1.54) is 12.1 Å². The van der Waals surface area contributed by atoms with Crippen LogP contribution in [0.1, 0.15) is 38.7 Å². The van der Waals surface area contributed by atoms with Crippen molar-refractivity contribution in [2.24, 2.45) is 5.92 Å². The van der Waals surface area contributed by atoms with E-state index in [9.17, 15) is 9.18 Å². The molecule has 0 radical (unpaired) electrons. The van der Waals surface area contributed by atoms with E-state index in [4.69, 9.17) is 14.6 Å². The SMILES string of the molecule is C=O.C=O.CC.CNCc1cc(F)cc(-c2cncc3[nH]c(-c4[nH]nc5ncc(-c6cncc(NC(=O)C7CCC7)c6)cc45)nc23)c1. The zero-order chi connectivity index (χ0) is 33.9. The number of rotatable bonds is 7. The molecular formula is C34H36FN9O3. The molecule has 1 aliphatic carbocycles. The maximum absolute atomic E-state index is 14.4. The molecule has 13 heteroatoms. The average Bonchev–Trinajstić information content (AvgIpc) is 3.71. The quantitative estimate of drug-likeness (QED) is 0.167. The Kier molecular flexibility index (Phi) is 11.7. The van der Waals surface area contributed by atoms with E-state index in [0.717, 1.165) is 46.9 Å². The first kappa shape index (κ1) is 34.2. The van der Waals surface area contributed by atoms with Crippen molar-refractivity contribution in [2.45, 2.75) is 39.7 Å². The Hall–Kier alpha value is -5.69. The van der Waals surface area contributed by atoms with Crippen molar-refractivity contribution in [3.63, 3.8) is 0 Å². The first-order chi connectivity index (χ1) is 23.1. The molecule has 1 saturated carbocycles. The minimum atomic E-state index is -0.320.